The van der Waals surface area contributed by atoms with E-state index in [1.54, 1.807) is 72.8 Å². The van der Waals surface area contributed by atoms with Crippen molar-refractivity contribution < 1.29 is 38.1 Å². The predicted molar refractivity (Wildman–Crippen MR) is 331 cm³/mol. The number of ketones is 2. The number of esters is 2. The van der Waals surface area contributed by atoms with E-state index in [-0.39, 0.29) is 23.4 Å². The lowest BCUT2D eigenvalue weighted by Gasteiger charge is -2.14. The van der Waals surface area contributed by atoms with Gasteiger partial charge in [-0.25, -0.2) is 9.59 Å². The summed E-state index contributed by atoms with van der Waals surface area (Å²) in [4.78, 5) is 53.1. The molecule has 0 N–H and O–H groups in total. The minimum absolute atomic E-state index is 0.0388. The van der Waals surface area contributed by atoms with Gasteiger partial charge in [-0.3, -0.25) is 9.59 Å². The number of hydrogen-bond donors (Lipinski definition) is 0. The summed E-state index contributed by atoms with van der Waals surface area (Å²) < 4.78 is 23.3. The standard InChI is InChI=1S/C73H92O8/c1-5-9-11-13-22-26-54-78-66-46-38-58(39-47-66)60-42-50-68(51-43-60)80-72(76)64-34-30-62(31-35-64)70(74)56(7-3)28-24-20-18-16-15-17-19-21-25-29-57(8-4)71(75)63-32-36-65(37-33-63)73(77)81-69-52-44-61(45-53-69)59-40-48-67(49-41-59)79-55-27-23-14-12-10-6-2/h30-53,56-57H,5-29,54-55H2,1-4H3/t56-,57-/m0/s1. The molecule has 81 heavy (non-hydrogen) atoms. The molecule has 8 nitrogen and oxygen atoms in total. The molecule has 0 heterocycles. The van der Waals surface area contributed by atoms with E-state index in [1.165, 1.54) is 83.5 Å². The van der Waals surface area contributed by atoms with Crippen LogP contribution in [0.2, 0.25) is 0 Å². The van der Waals surface area contributed by atoms with Crippen molar-refractivity contribution in [1.29, 1.82) is 0 Å². The summed E-state index contributed by atoms with van der Waals surface area (Å²) in [6.07, 6.45) is 28.3. The zero-order chi connectivity index (χ0) is 57.3. The van der Waals surface area contributed by atoms with Gasteiger partial charge in [0.2, 0.25) is 0 Å². The second-order valence-electron chi connectivity index (χ2n) is 22.0. The van der Waals surface area contributed by atoms with Gasteiger partial charge in [-0.05, 0) is 134 Å². The van der Waals surface area contributed by atoms with E-state index in [0.29, 0.717) is 33.8 Å². The quantitative estimate of drug-likeness (QED) is 0.0162. The van der Waals surface area contributed by atoms with E-state index in [4.69, 9.17) is 18.9 Å². The normalized spacial score (nSPS) is 11.9. The molecular formula is C73H92O8. The number of rotatable bonds is 40. The van der Waals surface area contributed by atoms with E-state index in [0.717, 1.165) is 124 Å². The number of carbonyl (C=O) groups excluding carboxylic acids is 4. The molecule has 2 atom stereocenters. The number of unbranched alkanes of at least 4 members (excludes halogenated alkanes) is 18. The van der Waals surface area contributed by atoms with Crippen LogP contribution < -0.4 is 18.9 Å². The lowest BCUT2D eigenvalue weighted by Crippen LogP contribution is -2.15. The average molecular weight is 1100 g/mol. The highest BCUT2D eigenvalue weighted by atomic mass is 16.5. The van der Waals surface area contributed by atoms with Crippen LogP contribution in [0.1, 0.15) is 230 Å². The molecule has 0 aliphatic heterocycles. The first-order valence-corrected chi connectivity index (χ1v) is 31.1. The molecule has 0 saturated heterocycles. The smallest absolute Gasteiger partial charge is 0.343 e. The van der Waals surface area contributed by atoms with Gasteiger partial charge in [-0.2, -0.15) is 0 Å². The zero-order valence-electron chi connectivity index (χ0n) is 49.4. The Bertz CT molecular complexity index is 2530. The lowest BCUT2D eigenvalue weighted by molar-refractivity contribution is 0.0725. The predicted octanol–water partition coefficient (Wildman–Crippen LogP) is 20.3. The van der Waals surface area contributed by atoms with Crippen molar-refractivity contribution >= 4 is 23.5 Å². The van der Waals surface area contributed by atoms with Crippen molar-refractivity contribution in [3.8, 4) is 45.3 Å². The Balaban J connectivity index is 0.795. The summed E-state index contributed by atoms with van der Waals surface area (Å²) in [5, 5.41) is 0. The number of benzene rings is 6. The Hall–Kier alpha value is -6.80. The Labute approximate surface area is 485 Å². The summed E-state index contributed by atoms with van der Waals surface area (Å²) in [5.41, 5.74) is 6.23. The third-order valence-corrected chi connectivity index (χ3v) is 15.7. The van der Waals surface area contributed by atoms with Crippen LogP contribution in [0.15, 0.2) is 146 Å². The van der Waals surface area contributed by atoms with Crippen LogP contribution in [-0.2, 0) is 0 Å². The zero-order valence-corrected chi connectivity index (χ0v) is 49.4. The van der Waals surface area contributed by atoms with Crippen molar-refractivity contribution in [3.63, 3.8) is 0 Å². The van der Waals surface area contributed by atoms with Crippen molar-refractivity contribution in [3.05, 3.63) is 168 Å². The summed E-state index contributed by atoms with van der Waals surface area (Å²) in [5.74, 6) is 1.95. The SMILES string of the molecule is CCCCCCCCOc1ccc(-c2ccc(OC(=O)c3ccc(C(=O)[C@@H](CC)CCCCCCCCCCC[C@H](CC)C(=O)c4ccc(C(=O)Oc5ccc(-c6ccc(OCCCCCCCC)cc6)cc5)cc4)cc3)cc2)cc1. The Morgan fingerprint density at radius 1 is 0.296 bits per heavy atom. The van der Waals surface area contributed by atoms with Crippen LogP contribution in [0.3, 0.4) is 0 Å². The molecule has 6 rings (SSSR count). The minimum atomic E-state index is -0.457. The average Bonchev–Trinajstić information content (AvgIpc) is 3.51. The largest absolute Gasteiger partial charge is 0.494 e. The van der Waals surface area contributed by atoms with Gasteiger partial charge in [0.1, 0.15) is 23.0 Å². The third kappa shape index (κ3) is 22.2. The Morgan fingerprint density at radius 3 is 0.852 bits per heavy atom. The maximum atomic E-state index is 13.5. The van der Waals surface area contributed by atoms with E-state index >= 15 is 0 Å². The first-order valence-electron chi connectivity index (χ1n) is 31.1. The molecular weight excluding hydrogens is 1000 g/mol. The first kappa shape index (κ1) is 63.4. The molecule has 0 spiro atoms. The van der Waals surface area contributed by atoms with Gasteiger partial charge in [0, 0.05) is 23.0 Å². The van der Waals surface area contributed by atoms with Gasteiger partial charge < -0.3 is 18.9 Å². The van der Waals surface area contributed by atoms with Crippen LogP contribution >= 0.6 is 0 Å². The number of Topliss-reactive ketones (excluding diaryl/α,β-unsaturated/α-hetero) is 2. The van der Waals surface area contributed by atoms with Gasteiger partial charge in [0.25, 0.3) is 0 Å². The molecule has 0 aromatic heterocycles. The van der Waals surface area contributed by atoms with Gasteiger partial charge in [-0.15, -0.1) is 0 Å². The molecule has 0 radical (unpaired) electrons. The van der Waals surface area contributed by atoms with Gasteiger partial charge >= 0.3 is 11.9 Å². The van der Waals surface area contributed by atoms with E-state index in [1.807, 2.05) is 72.8 Å². The molecule has 0 aliphatic carbocycles. The maximum Gasteiger partial charge on any atom is 0.343 e. The molecule has 6 aromatic carbocycles. The second kappa shape index (κ2) is 36.5. The van der Waals surface area contributed by atoms with E-state index in [9.17, 15) is 19.2 Å². The van der Waals surface area contributed by atoms with Gasteiger partial charge in [0.05, 0.1) is 24.3 Å². The molecule has 432 valence electrons. The van der Waals surface area contributed by atoms with Crippen molar-refractivity contribution in [2.75, 3.05) is 13.2 Å². The second-order valence-corrected chi connectivity index (χ2v) is 22.0. The first-order chi connectivity index (χ1) is 39.7. The van der Waals surface area contributed by atoms with Gasteiger partial charge in [-0.1, -0.05) is 222 Å². The van der Waals surface area contributed by atoms with Crippen LogP contribution in [0.4, 0.5) is 0 Å². The van der Waals surface area contributed by atoms with Crippen LogP contribution in [0.25, 0.3) is 22.3 Å². The molecule has 6 aromatic rings. The Kier molecular flexibility index (Phi) is 28.6. The summed E-state index contributed by atoms with van der Waals surface area (Å²) >= 11 is 0. The number of carbonyl (C=O) groups is 4. The van der Waals surface area contributed by atoms with E-state index in [2.05, 4.69) is 27.7 Å². The highest BCUT2D eigenvalue weighted by molar-refractivity contribution is 6.00. The molecule has 0 saturated carbocycles. The molecule has 8 heteroatoms. The fourth-order valence-electron chi connectivity index (χ4n) is 10.5. The summed E-state index contributed by atoms with van der Waals surface area (Å²) in [6, 6.07) is 45.0. The van der Waals surface area contributed by atoms with Gasteiger partial charge in [0.15, 0.2) is 11.6 Å². The van der Waals surface area contributed by atoms with Crippen molar-refractivity contribution in [2.45, 2.75) is 188 Å². The number of hydrogen-bond acceptors (Lipinski definition) is 8. The Morgan fingerprint density at radius 2 is 0.556 bits per heavy atom. The monoisotopic (exact) mass is 1100 g/mol. The summed E-state index contributed by atoms with van der Waals surface area (Å²) in [7, 11) is 0. The molecule has 0 fully saturated rings. The molecule has 0 amide bonds. The van der Waals surface area contributed by atoms with Crippen molar-refractivity contribution in [2.24, 2.45) is 11.8 Å². The molecule has 0 aliphatic rings. The van der Waals surface area contributed by atoms with Crippen molar-refractivity contribution in [1.82, 2.24) is 0 Å². The summed E-state index contributed by atoms with van der Waals surface area (Å²) in [6.45, 7) is 10.1. The highest BCUT2D eigenvalue weighted by Gasteiger charge is 2.21. The number of ether oxygens (including phenoxy) is 4. The maximum absolute atomic E-state index is 13.5. The highest BCUT2D eigenvalue weighted by Crippen LogP contribution is 2.29. The van der Waals surface area contributed by atoms with E-state index < -0.39 is 11.9 Å². The molecule has 0 unspecified atom stereocenters. The topological polar surface area (TPSA) is 105 Å². The van der Waals surface area contributed by atoms with Crippen LogP contribution in [-0.4, -0.2) is 36.7 Å². The molecule has 0 bridgehead atoms. The van der Waals surface area contributed by atoms with Crippen LogP contribution in [0, 0.1) is 11.8 Å². The fourth-order valence-corrected chi connectivity index (χ4v) is 10.5. The fraction of sp³-hybridized carbons (Fsp3) is 0.452. The lowest BCUT2D eigenvalue weighted by atomic mass is 9.89. The third-order valence-electron chi connectivity index (χ3n) is 15.7. The minimum Gasteiger partial charge on any atom is -0.494 e. The van der Waals surface area contributed by atoms with Crippen LogP contribution in [0.5, 0.6) is 23.0 Å².